The van der Waals surface area contributed by atoms with Gasteiger partial charge in [-0.05, 0) is 115 Å². The van der Waals surface area contributed by atoms with E-state index in [1.54, 1.807) is 34.6 Å². The maximum Gasteiger partial charge on any atom is 0.416 e. The highest BCUT2D eigenvalue weighted by molar-refractivity contribution is 7.16. The number of Topliss-reactive ketones (excluding diaryl/α,β-unsaturated/α-hetero) is 1. The number of nitriles is 1. The first-order valence-electron chi connectivity index (χ1n) is 17.4. The number of thiophene rings is 1. The molecule has 1 saturated heterocycles. The van der Waals surface area contributed by atoms with Crippen LogP contribution < -0.4 is 5.32 Å². The number of piperidine rings is 1. The number of hydrogen-bond donors (Lipinski definition) is 1. The predicted octanol–water partition coefficient (Wildman–Crippen LogP) is 9.85. The smallest absolute Gasteiger partial charge is 0.416 e. The first-order chi connectivity index (χ1) is 25.3. The number of likely N-dealkylation sites (tertiary alicyclic amines) is 1. The maximum absolute atomic E-state index is 14.2. The summed E-state index contributed by atoms with van der Waals surface area (Å²) in [6.07, 6.45) is -10.5. The molecule has 1 N–H and O–H groups in total. The Hall–Kier alpha value is -4.65. The van der Waals surface area contributed by atoms with Gasteiger partial charge in [-0.1, -0.05) is 6.07 Å². The molecule has 4 rings (SSSR count). The molecule has 3 aromatic rings. The molecule has 1 aromatic heterocycles. The van der Waals surface area contributed by atoms with Crippen LogP contribution in [0.4, 0.5) is 41.2 Å². The molecular formula is C39H42F7N3O5S. The van der Waals surface area contributed by atoms with Crippen molar-refractivity contribution in [1.29, 1.82) is 5.26 Å². The lowest BCUT2D eigenvalue weighted by molar-refractivity contribution is -0.158. The van der Waals surface area contributed by atoms with Gasteiger partial charge in [0.2, 0.25) is 0 Å². The molecule has 16 heteroatoms. The minimum atomic E-state index is -5.13. The number of carbonyl (C=O) groups is 3. The number of amides is 1. The number of carbonyl (C=O) groups excluding carboxylic acids is 3. The van der Waals surface area contributed by atoms with Gasteiger partial charge in [-0.2, -0.15) is 31.6 Å². The van der Waals surface area contributed by atoms with Gasteiger partial charge in [-0.3, -0.25) is 9.59 Å². The lowest BCUT2D eigenvalue weighted by atomic mass is 9.74. The summed E-state index contributed by atoms with van der Waals surface area (Å²) in [4.78, 5) is 42.5. The number of anilines is 1. The topological polar surface area (TPSA) is 109 Å². The predicted molar refractivity (Wildman–Crippen MR) is 192 cm³/mol. The molecule has 0 unspecified atom stereocenters. The van der Waals surface area contributed by atoms with Crippen LogP contribution in [0.3, 0.4) is 0 Å². The molecular weight excluding hydrogens is 755 g/mol. The second-order valence-electron chi connectivity index (χ2n) is 15.0. The molecule has 2 aromatic carbocycles. The highest BCUT2D eigenvalue weighted by atomic mass is 32.1. The number of rotatable bonds is 10. The number of nitrogens with zero attached hydrogens (tertiary/aromatic N) is 2. The Labute approximate surface area is 318 Å². The zero-order chi connectivity index (χ0) is 41.3. The van der Waals surface area contributed by atoms with E-state index in [2.05, 4.69) is 11.4 Å². The molecule has 55 heavy (non-hydrogen) atoms. The van der Waals surface area contributed by atoms with Crippen LogP contribution in [0.15, 0.2) is 36.4 Å². The van der Waals surface area contributed by atoms with Gasteiger partial charge in [0.15, 0.2) is 5.78 Å². The fraction of sp³-hybridized carbons (Fsp3) is 0.487. The van der Waals surface area contributed by atoms with Crippen LogP contribution in [-0.4, -0.2) is 54.6 Å². The molecule has 8 nitrogen and oxygen atoms in total. The van der Waals surface area contributed by atoms with E-state index in [-0.39, 0.29) is 56.3 Å². The van der Waals surface area contributed by atoms with E-state index >= 15 is 0 Å². The van der Waals surface area contributed by atoms with E-state index in [9.17, 15) is 50.4 Å². The molecule has 0 radical (unpaired) electrons. The standard InChI is InChI=1S/C39H42F7N3O5S/c1-8-53-33(51)37(11-13-49(14-12-37)34(52)54-35(3,4)5)19-29-28(20-47)31(32(55-29)27-10-9-26(40)15-22(27)2)48-21-30(50)36(6,7)23-16-24(38(41,42)43)18-25(17-23)39(44,45)46/h9-10,15-18,48H,8,11-14,19,21H2,1-7H3. The molecule has 0 bridgehead atoms. The van der Waals surface area contributed by atoms with Gasteiger partial charge in [0, 0.05) is 18.0 Å². The van der Waals surface area contributed by atoms with Crippen molar-refractivity contribution in [2.24, 2.45) is 5.41 Å². The van der Waals surface area contributed by atoms with Crippen molar-refractivity contribution < 1.29 is 54.6 Å². The monoisotopic (exact) mass is 797 g/mol. The Bertz CT molecular complexity index is 1950. The van der Waals surface area contributed by atoms with Gasteiger partial charge in [0.25, 0.3) is 0 Å². The highest BCUT2D eigenvalue weighted by Gasteiger charge is 2.46. The minimum absolute atomic E-state index is 0.0135. The molecule has 0 spiro atoms. The van der Waals surface area contributed by atoms with Gasteiger partial charge < -0.3 is 19.7 Å². The van der Waals surface area contributed by atoms with Gasteiger partial charge in [-0.15, -0.1) is 11.3 Å². The summed E-state index contributed by atoms with van der Waals surface area (Å²) in [5.41, 5.74) is -6.38. The number of alkyl halides is 6. The zero-order valence-electron chi connectivity index (χ0n) is 31.4. The summed E-state index contributed by atoms with van der Waals surface area (Å²) in [5.74, 6) is -1.88. The normalized spacial score (nSPS) is 15.0. The summed E-state index contributed by atoms with van der Waals surface area (Å²) in [6, 6.07) is 7.06. The fourth-order valence-corrected chi connectivity index (χ4v) is 7.78. The van der Waals surface area contributed by atoms with Crippen molar-refractivity contribution in [1.82, 2.24) is 4.90 Å². The molecule has 1 amide bonds. The number of ketones is 1. The van der Waals surface area contributed by atoms with Crippen molar-refractivity contribution in [3.63, 3.8) is 0 Å². The van der Waals surface area contributed by atoms with Crippen molar-refractivity contribution in [2.45, 2.75) is 91.1 Å². The van der Waals surface area contributed by atoms with Crippen LogP contribution >= 0.6 is 11.3 Å². The van der Waals surface area contributed by atoms with Gasteiger partial charge in [0.1, 0.15) is 17.5 Å². The number of nitrogens with one attached hydrogen (secondary N) is 1. The third-order valence-corrected chi connectivity index (χ3v) is 10.8. The summed E-state index contributed by atoms with van der Waals surface area (Å²) < 4.78 is 107. The summed E-state index contributed by atoms with van der Waals surface area (Å²) in [7, 11) is 0. The Balaban J connectivity index is 1.76. The first-order valence-corrected chi connectivity index (χ1v) is 18.2. The maximum atomic E-state index is 14.2. The van der Waals surface area contributed by atoms with Crippen LogP contribution in [0.25, 0.3) is 10.4 Å². The fourth-order valence-electron chi connectivity index (χ4n) is 6.32. The third-order valence-electron chi connectivity index (χ3n) is 9.54. The molecule has 2 heterocycles. The third kappa shape index (κ3) is 9.78. The minimum Gasteiger partial charge on any atom is -0.466 e. The second-order valence-corrected chi connectivity index (χ2v) is 16.1. The summed E-state index contributed by atoms with van der Waals surface area (Å²) in [5, 5.41) is 13.5. The number of esters is 1. The molecule has 1 aliphatic heterocycles. The van der Waals surface area contributed by atoms with Crippen molar-refractivity contribution in [3.05, 3.63) is 74.9 Å². The van der Waals surface area contributed by atoms with E-state index < -0.39 is 75.7 Å². The first kappa shape index (κ1) is 43.1. The number of benzene rings is 2. The van der Waals surface area contributed by atoms with Gasteiger partial charge in [0.05, 0.1) is 51.2 Å². The highest BCUT2D eigenvalue weighted by Crippen LogP contribution is 2.47. The largest absolute Gasteiger partial charge is 0.466 e. The molecule has 0 saturated carbocycles. The Morgan fingerprint density at radius 1 is 0.927 bits per heavy atom. The molecule has 1 fully saturated rings. The van der Waals surface area contributed by atoms with E-state index in [4.69, 9.17) is 9.47 Å². The van der Waals surface area contributed by atoms with Gasteiger partial charge in [-0.25, -0.2) is 9.18 Å². The van der Waals surface area contributed by atoms with Crippen LogP contribution in [0.1, 0.15) is 87.1 Å². The second kappa shape index (κ2) is 15.8. The van der Waals surface area contributed by atoms with Crippen molar-refractivity contribution in [2.75, 3.05) is 31.6 Å². The van der Waals surface area contributed by atoms with Crippen molar-refractivity contribution in [3.8, 4) is 16.5 Å². The SMILES string of the molecule is CCOC(=O)C1(Cc2sc(-c3ccc(F)cc3C)c(NCC(=O)C(C)(C)c3cc(C(F)(F)F)cc(C(F)(F)F)c3)c2C#N)CCN(C(=O)OC(C)(C)C)CC1. The van der Waals surface area contributed by atoms with Gasteiger partial charge >= 0.3 is 24.4 Å². The van der Waals surface area contributed by atoms with Crippen LogP contribution in [0, 0.1) is 29.5 Å². The molecule has 298 valence electrons. The average Bonchev–Trinajstić information content (AvgIpc) is 3.41. The van der Waals surface area contributed by atoms with Crippen LogP contribution in [0.2, 0.25) is 0 Å². The molecule has 0 atom stereocenters. The van der Waals surface area contributed by atoms with E-state index in [1.807, 2.05) is 0 Å². The molecule has 1 aliphatic rings. The number of halogens is 7. The van der Waals surface area contributed by atoms with E-state index in [1.165, 1.54) is 36.9 Å². The van der Waals surface area contributed by atoms with E-state index in [0.717, 1.165) is 11.3 Å². The van der Waals surface area contributed by atoms with Crippen molar-refractivity contribution >= 4 is 34.9 Å². The quantitative estimate of drug-likeness (QED) is 0.161. The number of ether oxygens (including phenoxy) is 2. The summed E-state index contributed by atoms with van der Waals surface area (Å²) in [6.45, 7) is 10.6. The van der Waals surface area contributed by atoms with Crippen LogP contribution in [0.5, 0.6) is 0 Å². The Morgan fingerprint density at radius 3 is 1.98 bits per heavy atom. The number of hydrogen-bond acceptors (Lipinski definition) is 8. The average molecular weight is 798 g/mol. The molecule has 0 aliphatic carbocycles. The number of aryl methyl sites for hydroxylation is 1. The Morgan fingerprint density at radius 2 is 1.49 bits per heavy atom. The van der Waals surface area contributed by atoms with E-state index in [0.29, 0.717) is 33.0 Å². The summed E-state index contributed by atoms with van der Waals surface area (Å²) >= 11 is 1.11. The Kier molecular flexibility index (Phi) is 12.4. The lowest BCUT2D eigenvalue weighted by Gasteiger charge is -2.40. The zero-order valence-corrected chi connectivity index (χ0v) is 32.2. The van der Waals surface area contributed by atoms with Crippen LogP contribution in [-0.2, 0) is 43.3 Å². The lowest BCUT2D eigenvalue weighted by Crippen LogP contribution is -2.49.